The number of H-pyrrole nitrogens is 8. The first-order valence-electron chi connectivity index (χ1n) is 44.1. The summed E-state index contributed by atoms with van der Waals surface area (Å²) in [6, 6.07) is 73.4. The number of fused-ring (bicyclic) bond motifs is 10. The van der Waals surface area contributed by atoms with E-state index in [2.05, 4.69) is 274 Å². The number of likely N-dealkylation sites (tertiary alicyclic amines) is 5. The molecular formula is C103H99N17O5. The molecule has 626 valence electrons. The number of nitrogens with zero attached hydrogens (tertiary/aromatic N) is 8. The van der Waals surface area contributed by atoms with Crippen molar-refractivity contribution in [1.82, 2.24) is 74.8 Å². The summed E-state index contributed by atoms with van der Waals surface area (Å²) in [6.45, 7) is 15.5. The molecule has 0 saturated carbocycles. The fourth-order valence-corrected chi connectivity index (χ4v) is 20.8. The summed E-state index contributed by atoms with van der Waals surface area (Å²) < 4.78 is 0. The van der Waals surface area contributed by atoms with E-state index in [0.29, 0.717) is 46.4 Å². The highest BCUT2D eigenvalue weighted by atomic mass is 16.2. The molecule has 25 rings (SSSR count). The maximum Gasteiger partial charge on any atom is 0.323 e. The van der Waals surface area contributed by atoms with Gasteiger partial charge in [-0.2, -0.15) is 15.4 Å². The number of carbonyl (C=O) groups excluding carboxylic acids is 4. The molecule has 5 atom stereocenters. The minimum absolute atomic E-state index is 0.139. The van der Waals surface area contributed by atoms with Gasteiger partial charge in [-0.15, -0.1) is 0 Å². The largest absolute Gasteiger partial charge is 0.361 e. The third-order valence-corrected chi connectivity index (χ3v) is 27.3. The van der Waals surface area contributed by atoms with Gasteiger partial charge in [0.15, 0.2) is 0 Å². The number of amides is 1. The molecule has 0 spiro atoms. The Morgan fingerprint density at radius 3 is 1.26 bits per heavy atom. The van der Waals surface area contributed by atoms with Crippen LogP contribution in [0.5, 0.6) is 0 Å². The first kappa shape index (κ1) is 78.8. The molecule has 10 aromatic carbocycles. The number of nitrogens with one attached hydrogen (secondary N) is 9. The minimum Gasteiger partial charge on any atom is -0.361 e. The highest BCUT2D eigenvalue weighted by molar-refractivity contribution is 6.51. The van der Waals surface area contributed by atoms with Crippen LogP contribution in [0.1, 0.15) is 149 Å². The van der Waals surface area contributed by atoms with Crippen molar-refractivity contribution in [2.75, 3.05) is 70.8 Å². The topological polar surface area (TPSA) is 278 Å². The molecule has 7 aliphatic heterocycles. The Labute approximate surface area is 721 Å². The number of rotatable bonds is 15. The zero-order valence-electron chi connectivity index (χ0n) is 69.7. The van der Waals surface area contributed by atoms with Crippen LogP contribution < -0.4 is 11.0 Å². The zero-order chi connectivity index (χ0) is 84.0. The molecule has 8 aliphatic rings. The fourth-order valence-electron chi connectivity index (χ4n) is 20.8. The summed E-state index contributed by atoms with van der Waals surface area (Å²) in [6.07, 6.45) is 19.7. The molecule has 5 unspecified atom stereocenters. The van der Waals surface area contributed by atoms with E-state index in [1.807, 2.05) is 54.7 Å². The third-order valence-electron chi connectivity index (χ3n) is 27.3. The van der Waals surface area contributed by atoms with Crippen LogP contribution in [0.25, 0.3) is 76.6 Å². The summed E-state index contributed by atoms with van der Waals surface area (Å²) >= 11 is 0. The lowest BCUT2D eigenvalue weighted by Gasteiger charge is -2.17. The number of Topliss-reactive ketones (excluding diaryl/α,β-unsaturated/α-hetero) is 3. The molecule has 5 saturated heterocycles. The van der Waals surface area contributed by atoms with E-state index < -0.39 is 11.7 Å². The first-order chi connectivity index (χ1) is 61.4. The SMILES string of the molecule is C1=Nc2c(cccc2C2CCN(Cc3c[nH]c4ccccc34)C2)C1.O=C1Cc2cccc(C3CCN(Cc4c[nH]c5ccccc45)C3)c2C1=O.O=C1Nc2cc(C3CCN(Cc4c[nH]c5ccccc45)C3)ccc2C1=O.O=c1[nH]c2ccc(C3CCN(Cc4c[nH]c5ccccc45)C3)cc2[nH]1.c1ccc2c(CN3CCC(c4ccc5n[nH]nc5c4)C3)c[nH]c2c1. The van der Waals surface area contributed by atoms with E-state index in [1.165, 1.54) is 129 Å². The van der Waals surface area contributed by atoms with E-state index in [1.54, 1.807) is 6.07 Å². The number of para-hydroxylation sites is 6. The second-order valence-corrected chi connectivity index (χ2v) is 35.1. The molecule has 5 fully saturated rings. The number of aromatic nitrogens is 10. The number of benzene rings is 10. The van der Waals surface area contributed by atoms with Crippen LogP contribution in [0.4, 0.5) is 11.4 Å². The van der Waals surface area contributed by atoms with Gasteiger partial charge in [-0.1, -0.05) is 146 Å². The van der Waals surface area contributed by atoms with Crippen molar-refractivity contribution in [3.8, 4) is 0 Å². The molecule has 0 radical (unpaired) electrons. The van der Waals surface area contributed by atoms with E-state index >= 15 is 0 Å². The van der Waals surface area contributed by atoms with Gasteiger partial charge in [-0.3, -0.25) is 48.7 Å². The Hall–Kier alpha value is -13.5. The Morgan fingerprint density at radius 1 is 0.352 bits per heavy atom. The average Bonchev–Trinajstić information content (AvgIpc) is 1.62. The van der Waals surface area contributed by atoms with Gasteiger partial charge in [-0.05, 0) is 228 Å². The van der Waals surface area contributed by atoms with Crippen LogP contribution in [-0.4, -0.2) is 170 Å². The van der Waals surface area contributed by atoms with Crippen molar-refractivity contribution >= 4 is 117 Å². The van der Waals surface area contributed by atoms with Crippen molar-refractivity contribution in [1.29, 1.82) is 0 Å². The maximum atomic E-state index is 12.3. The van der Waals surface area contributed by atoms with Crippen molar-refractivity contribution in [3.63, 3.8) is 0 Å². The Kier molecular flexibility index (Phi) is 21.6. The molecular weight excluding hydrogens is 1560 g/mol. The molecule has 17 aromatic rings. The summed E-state index contributed by atoms with van der Waals surface area (Å²) in [4.78, 5) is 98.5. The molecule has 1 amide bonds. The van der Waals surface area contributed by atoms with Gasteiger partial charge in [-0.25, -0.2) is 4.79 Å². The van der Waals surface area contributed by atoms with Gasteiger partial charge in [0.2, 0.25) is 11.6 Å². The van der Waals surface area contributed by atoms with Gasteiger partial charge in [0.25, 0.3) is 11.7 Å². The molecule has 1 aliphatic carbocycles. The van der Waals surface area contributed by atoms with Crippen molar-refractivity contribution in [2.24, 2.45) is 4.99 Å². The number of carbonyl (C=O) groups is 4. The van der Waals surface area contributed by atoms with Crippen LogP contribution in [0.2, 0.25) is 0 Å². The monoisotopic (exact) mass is 1650 g/mol. The lowest BCUT2D eigenvalue weighted by molar-refractivity contribution is -0.114. The van der Waals surface area contributed by atoms with Gasteiger partial charge in [0.05, 0.1) is 28.0 Å². The first-order valence-corrected chi connectivity index (χ1v) is 44.1. The number of hydrogen-bond donors (Lipinski definition) is 9. The fraction of sp³-hybridized carbons (Fsp3) is 0.262. The predicted octanol–water partition coefficient (Wildman–Crippen LogP) is 17.9. The van der Waals surface area contributed by atoms with Gasteiger partial charge < -0.3 is 40.2 Å². The highest BCUT2D eigenvalue weighted by Crippen LogP contribution is 2.42. The number of aliphatic imine (C=N–C) groups is 1. The van der Waals surface area contributed by atoms with E-state index in [9.17, 15) is 24.0 Å². The number of anilines is 1. The van der Waals surface area contributed by atoms with Gasteiger partial charge >= 0.3 is 5.69 Å². The smallest absolute Gasteiger partial charge is 0.323 e. The lowest BCUT2D eigenvalue weighted by Crippen LogP contribution is -2.20. The summed E-state index contributed by atoms with van der Waals surface area (Å²) in [7, 11) is 0. The Bertz CT molecular complexity index is 7030. The molecule has 125 heavy (non-hydrogen) atoms. The highest BCUT2D eigenvalue weighted by Gasteiger charge is 2.37. The lowest BCUT2D eigenvalue weighted by atomic mass is 9.91. The maximum absolute atomic E-state index is 12.3. The molecule has 9 N–H and O–H groups in total. The number of aromatic amines is 8. The Balaban J connectivity index is 0.0000000956. The Morgan fingerprint density at radius 2 is 0.760 bits per heavy atom. The third kappa shape index (κ3) is 16.3. The molecule has 22 nitrogen and oxygen atoms in total. The predicted molar refractivity (Wildman–Crippen MR) is 495 cm³/mol. The number of imidazole rings is 1. The normalized spacial score (nSPS) is 19.5. The quantitative estimate of drug-likeness (QED) is 0.0434. The summed E-state index contributed by atoms with van der Waals surface area (Å²) in [5, 5.41) is 20.3. The molecule has 22 heteroatoms. The number of ketones is 3. The van der Waals surface area contributed by atoms with Crippen LogP contribution in [0.3, 0.4) is 0 Å². The molecule has 14 heterocycles. The van der Waals surface area contributed by atoms with E-state index in [4.69, 9.17) is 0 Å². The van der Waals surface area contributed by atoms with Crippen LogP contribution in [0, 0.1) is 0 Å². The van der Waals surface area contributed by atoms with E-state index in [0.717, 1.165) is 157 Å². The summed E-state index contributed by atoms with van der Waals surface area (Å²) in [5.41, 5.74) is 28.1. The molecule has 0 bridgehead atoms. The van der Waals surface area contributed by atoms with Crippen molar-refractivity contribution < 1.29 is 19.2 Å². The van der Waals surface area contributed by atoms with Gasteiger partial charge in [0, 0.05) is 176 Å². The van der Waals surface area contributed by atoms with Crippen molar-refractivity contribution in [3.05, 3.63) is 332 Å². The van der Waals surface area contributed by atoms with Crippen molar-refractivity contribution in [2.45, 2.75) is 107 Å². The zero-order valence-corrected chi connectivity index (χ0v) is 69.7. The van der Waals surface area contributed by atoms with Gasteiger partial charge in [0.1, 0.15) is 11.0 Å². The average molecular weight is 1660 g/mol. The van der Waals surface area contributed by atoms with Crippen LogP contribution in [0.15, 0.2) is 253 Å². The number of hydrogen-bond acceptors (Lipinski definition) is 13. The minimum atomic E-state index is -0.524. The molecule has 7 aromatic heterocycles. The van der Waals surface area contributed by atoms with E-state index in [-0.39, 0.29) is 23.7 Å². The second kappa shape index (κ2) is 34.3. The standard InChI is InChI=1S/C22H20N2O2.C21H19N3O2.C21H21N3.C20H20N4O.C19H19N5/c25-20-10-14-4-3-6-18(21(14)22(20)26)15-8-9-24(12-15)13-16-11-23-19-7-2-1-5-17(16)19;25-20-17-6-5-13(9-19(17)23-21(20)26)14-7-8-24(11-14)12-15-10-22-18-4-2-1-3-16(15)18;1-2-7-20-18(5-1)17(12-23-20)14-24-11-9-16(13-24)19-6-3-4-15-8-10-22-21(15)19;25-20-22-18-6-5-13(9-19(18)23-20)14-7-8-24(11-14)12-15-10-21-17-4-2-1-3-16(15)17;1-2-4-17-16(3-1)15(10-20-17)12-24-8-7-14(11-24)13-5-6-18-19(9-13)22-23-21-18/h1-7,11,15,23H,8-10,12-13H2;1-6,9-10,14,22H,7-8,11-12H2,(H,23,25,26);1-7,10,12,16,23H,8-9,11,13-14H2;1-6,9-10,14,21H,7-8,11-12H2,(H2,22,23,25);1-6,9-10,14,20H,7-8,11-12H2,(H,21,22,23). The summed E-state index contributed by atoms with van der Waals surface area (Å²) in [5.74, 6) is 0.961. The van der Waals surface area contributed by atoms with Crippen LogP contribution >= 0.6 is 0 Å². The van der Waals surface area contributed by atoms with Crippen LogP contribution in [-0.2, 0) is 55.2 Å². The second-order valence-electron chi connectivity index (χ2n) is 35.1.